The van der Waals surface area contributed by atoms with Crippen LogP contribution in [-0.2, 0) is 16.8 Å². The topological polar surface area (TPSA) is 62.2 Å². The fourth-order valence-electron chi connectivity index (χ4n) is 3.94. The number of rotatable bonds is 8. The Bertz CT molecular complexity index is 1080. The van der Waals surface area contributed by atoms with Gasteiger partial charge in [0.05, 0.1) is 12.0 Å². The predicted octanol–water partition coefficient (Wildman–Crippen LogP) is 6.59. The van der Waals surface area contributed by atoms with Crippen LogP contribution in [-0.4, -0.2) is 16.0 Å². The van der Waals surface area contributed by atoms with Gasteiger partial charge >= 0.3 is 0 Å². The first kappa shape index (κ1) is 25.0. The summed E-state index contributed by atoms with van der Waals surface area (Å²) < 4.78 is 3.02. The van der Waals surface area contributed by atoms with Crippen molar-refractivity contribution in [2.24, 2.45) is 0 Å². The lowest BCUT2D eigenvalue weighted by atomic mass is 9.87. The van der Waals surface area contributed by atoms with Crippen molar-refractivity contribution in [3.05, 3.63) is 83.2 Å². The number of pyridine rings is 1. The third kappa shape index (κ3) is 6.46. The minimum atomic E-state index is -0.995. The maximum atomic E-state index is 13.0. The molecule has 1 aromatic heterocycles. The largest absolute Gasteiger partial charge is 0.386 e. The summed E-state index contributed by atoms with van der Waals surface area (Å²) in [4.78, 5) is 17.9. The smallest absolute Gasteiger partial charge is 0.234 e. The molecule has 0 radical (unpaired) electrons. The number of aliphatic hydroxyl groups is 1. The minimum absolute atomic E-state index is 0.0332. The molecule has 0 saturated heterocycles. The summed E-state index contributed by atoms with van der Waals surface area (Å²) in [6, 6.07) is 16.1. The molecule has 0 unspecified atom stereocenters. The van der Waals surface area contributed by atoms with Crippen molar-refractivity contribution < 1.29 is 9.90 Å². The third-order valence-electron chi connectivity index (χ3n) is 5.74. The lowest BCUT2D eigenvalue weighted by molar-refractivity contribution is -0.118. The van der Waals surface area contributed by atoms with Gasteiger partial charge in [0.2, 0.25) is 5.91 Å². The monoisotopic (exact) mass is 462 g/mol. The van der Waals surface area contributed by atoms with Crippen molar-refractivity contribution in [2.45, 2.75) is 70.3 Å². The van der Waals surface area contributed by atoms with Crippen LogP contribution in [0.4, 0.5) is 0 Å². The van der Waals surface area contributed by atoms with Gasteiger partial charge in [-0.05, 0) is 101 Å². The Morgan fingerprint density at radius 3 is 2.12 bits per heavy atom. The average Bonchev–Trinajstić information content (AvgIpc) is 2.77. The molecular formula is C28H34N2O2S. The molecule has 2 N–H and O–H groups in total. The molecule has 0 spiro atoms. The van der Waals surface area contributed by atoms with E-state index >= 15 is 0 Å². The van der Waals surface area contributed by atoms with Gasteiger partial charge in [0, 0.05) is 17.3 Å². The van der Waals surface area contributed by atoms with Crippen molar-refractivity contribution >= 4 is 17.9 Å². The van der Waals surface area contributed by atoms with Gasteiger partial charge in [-0.15, -0.1) is 0 Å². The molecule has 0 aliphatic heterocycles. The molecule has 174 valence electrons. The summed E-state index contributed by atoms with van der Waals surface area (Å²) in [5, 5.41) is 10.6. The Labute approximate surface area is 202 Å². The lowest BCUT2D eigenvalue weighted by Gasteiger charge is -2.21. The van der Waals surface area contributed by atoms with Gasteiger partial charge in [-0.2, -0.15) is 0 Å². The second-order valence-corrected chi connectivity index (χ2v) is 10.4. The molecule has 3 aromatic rings. The molecule has 0 atom stereocenters. The van der Waals surface area contributed by atoms with E-state index in [1.165, 1.54) is 23.1 Å². The van der Waals surface area contributed by atoms with E-state index in [0.29, 0.717) is 18.3 Å². The number of amides is 1. The van der Waals surface area contributed by atoms with Gasteiger partial charge in [0.1, 0.15) is 0 Å². The van der Waals surface area contributed by atoms with Crippen molar-refractivity contribution in [3.63, 3.8) is 0 Å². The number of hydrogen-bond donors (Lipinski definition) is 2. The highest BCUT2D eigenvalue weighted by Crippen LogP contribution is 2.32. The highest BCUT2D eigenvalue weighted by molar-refractivity contribution is 7.98. The number of nitrogens with zero attached hydrogens (tertiary/aromatic N) is 1. The Morgan fingerprint density at radius 1 is 0.970 bits per heavy atom. The van der Waals surface area contributed by atoms with Gasteiger partial charge in [-0.3, -0.25) is 14.5 Å². The molecule has 1 amide bonds. The Hall–Kier alpha value is -2.63. The van der Waals surface area contributed by atoms with Crippen molar-refractivity contribution in [3.8, 4) is 11.1 Å². The summed E-state index contributed by atoms with van der Waals surface area (Å²) in [5.41, 5.74) is 5.36. The van der Waals surface area contributed by atoms with E-state index < -0.39 is 5.60 Å². The third-order valence-corrected chi connectivity index (χ3v) is 6.54. The van der Waals surface area contributed by atoms with Gasteiger partial charge in [-0.1, -0.05) is 45.9 Å². The van der Waals surface area contributed by atoms with Gasteiger partial charge in [0.25, 0.3) is 0 Å². The normalized spacial score (nSPS) is 11.8. The van der Waals surface area contributed by atoms with Crippen molar-refractivity contribution in [2.75, 3.05) is 0 Å². The van der Waals surface area contributed by atoms with Crippen molar-refractivity contribution in [1.29, 1.82) is 0 Å². The van der Waals surface area contributed by atoms with Crippen LogP contribution >= 0.6 is 11.9 Å². The van der Waals surface area contributed by atoms with Crippen LogP contribution in [0.3, 0.4) is 0 Å². The van der Waals surface area contributed by atoms with Crippen LogP contribution in [0.2, 0.25) is 0 Å². The van der Waals surface area contributed by atoms with E-state index in [0.717, 1.165) is 27.1 Å². The summed E-state index contributed by atoms with van der Waals surface area (Å²) in [6.45, 7) is 12.2. The lowest BCUT2D eigenvalue weighted by Crippen LogP contribution is -2.20. The van der Waals surface area contributed by atoms with E-state index in [2.05, 4.69) is 55.6 Å². The van der Waals surface area contributed by atoms with E-state index in [4.69, 9.17) is 0 Å². The molecule has 1 heterocycles. The maximum absolute atomic E-state index is 13.0. The van der Waals surface area contributed by atoms with E-state index in [-0.39, 0.29) is 5.91 Å². The number of benzene rings is 2. The second-order valence-electron chi connectivity index (χ2n) is 9.57. The first-order valence-corrected chi connectivity index (χ1v) is 12.2. The fourth-order valence-corrected chi connectivity index (χ4v) is 4.62. The molecular weight excluding hydrogens is 428 g/mol. The first-order valence-electron chi connectivity index (χ1n) is 11.4. The maximum Gasteiger partial charge on any atom is 0.234 e. The Morgan fingerprint density at radius 2 is 1.58 bits per heavy atom. The molecule has 0 bridgehead atoms. The summed E-state index contributed by atoms with van der Waals surface area (Å²) in [6.07, 6.45) is 3.84. The predicted molar refractivity (Wildman–Crippen MR) is 137 cm³/mol. The molecule has 5 heteroatoms. The fraction of sp³-hybridized carbons (Fsp3) is 0.357. The standard InChI is InChI=1S/C28H34N2O2S/c1-18(2)24-8-7-9-25(19(3)4)26(24)17-27(31)30-33-23-15-21(20-10-12-29-13-11-20)14-22(16-23)28(5,6)32/h7-16,18-19,32H,17H2,1-6H3,(H,30,31). The number of hydrogen-bond acceptors (Lipinski definition) is 4. The molecule has 4 nitrogen and oxygen atoms in total. The molecule has 0 aliphatic carbocycles. The summed E-state index contributed by atoms with van der Waals surface area (Å²) in [7, 11) is 0. The van der Waals surface area contributed by atoms with Crippen LogP contribution in [0.25, 0.3) is 11.1 Å². The summed E-state index contributed by atoms with van der Waals surface area (Å²) >= 11 is 1.29. The van der Waals surface area contributed by atoms with Crippen LogP contribution in [0.5, 0.6) is 0 Å². The van der Waals surface area contributed by atoms with Gasteiger partial charge in [-0.25, -0.2) is 0 Å². The zero-order valence-corrected chi connectivity index (χ0v) is 21.2. The number of carbonyl (C=O) groups excluding carboxylic acids is 1. The summed E-state index contributed by atoms with van der Waals surface area (Å²) in [5.74, 6) is 0.671. The molecule has 0 saturated carbocycles. The van der Waals surface area contributed by atoms with Crippen LogP contribution in [0, 0.1) is 0 Å². The molecule has 2 aromatic carbocycles. The van der Waals surface area contributed by atoms with E-state index in [1.54, 1.807) is 26.2 Å². The average molecular weight is 463 g/mol. The molecule has 33 heavy (non-hydrogen) atoms. The highest BCUT2D eigenvalue weighted by atomic mass is 32.2. The van der Waals surface area contributed by atoms with Gasteiger partial charge in [0.15, 0.2) is 0 Å². The van der Waals surface area contributed by atoms with E-state index in [1.807, 2.05) is 30.3 Å². The van der Waals surface area contributed by atoms with Gasteiger partial charge < -0.3 is 5.11 Å². The van der Waals surface area contributed by atoms with Crippen LogP contribution in [0.15, 0.2) is 65.8 Å². The Kier molecular flexibility index (Phi) is 7.98. The number of aromatic nitrogens is 1. The zero-order chi connectivity index (χ0) is 24.2. The quantitative estimate of drug-likeness (QED) is 0.371. The van der Waals surface area contributed by atoms with E-state index in [9.17, 15) is 9.90 Å². The number of carbonyl (C=O) groups is 1. The van der Waals surface area contributed by atoms with Crippen molar-refractivity contribution in [1.82, 2.24) is 9.71 Å². The second kappa shape index (κ2) is 10.5. The number of nitrogens with one attached hydrogen (secondary N) is 1. The molecule has 3 rings (SSSR count). The zero-order valence-electron chi connectivity index (χ0n) is 20.3. The van der Waals surface area contributed by atoms with Crippen LogP contribution in [0.1, 0.15) is 75.6 Å². The Balaban J connectivity index is 1.84. The van der Waals surface area contributed by atoms with Crippen LogP contribution < -0.4 is 4.72 Å². The molecule has 0 fully saturated rings. The minimum Gasteiger partial charge on any atom is -0.386 e. The highest BCUT2D eigenvalue weighted by Gasteiger charge is 2.20. The molecule has 0 aliphatic rings. The SMILES string of the molecule is CC(C)c1cccc(C(C)C)c1CC(=O)NSc1cc(-c2ccncc2)cc(C(C)(C)O)c1. The first-order chi connectivity index (χ1) is 15.6.